The van der Waals surface area contributed by atoms with Crippen LogP contribution in [0.15, 0.2) is 30.5 Å². The molecular weight excluding hydrogens is 346 g/mol. The molecule has 0 saturated carbocycles. The van der Waals surface area contributed by atoms with Crippen molar-refractivity contribution in [3.05, 3.63) is 41.2 Å². The van der Waals surface area contributed by atoms with Crippen molar-refractivity contribution < 1.29 is 9.53 Å². The third kappa shape index (κ3) is 9.38. The summed E-state index contributed by atoms with van der Waals surface area (Å²) in [5.74, 6) is -0.385. The molecule has 1 atom stereocenters. The van der Waals surface area contributed by atoms with E-state index < -0.39 is 6.10 Å². The van der Waals surface area contributed by atoms with Gasteiger partial charge >= 0.3 is 5.97 Å². The summed E-state index contributed by atoms with van der Waals surface area (Å²) in [7, 11) is 0. The maximum absolute atomic E-state index is 11.9. The van der Waals surface area contributed by atoms with Gasteiger partial charge in [-0.2, -0.15) is 0 Å². The molecule has 0 saturated heterocycles. The summed E-state index contributed by atoms with van der Waals surface area (Å²) >= 11 is 6.24. The van der Waals surface area contributed by atoms with Gasteiger partial charge in [0, 0.05) is 11.8 Å². The number of halogens is 1. The quantitative estimate of drug-likeness (QED) is 0.195. The fourth-order valence-corrected chi connectivity index (χ4v) is 3.18. The molecule has 0 N–H and O–H groups in total. The van der Waals surface area contributed by atoms with Crippen molar-refractivity contribution in [2.75, 3.05) is 0 Å². The Hall–Kier alpha value is -1.35. The molecule has 0 amide bonds. The van der Waals surface area contributed by atoms with Crippen LogP contribution in [0.25, 0.3) is 0 Å². The van der Waals surface area contributed by atoms with Crippen LogP contribution in [0.4, 0.5) is 0 Å². The zero-order chi connectivity index (χ0) is 19.2. The SMILES string of the molecule is C=C(C)C(=O)OC(CCCCCCCCCCCC)c1ncccc1Cl. The van der Waals surface area contributed by atoms with Crippen LogP contribution in [0.2, 0.25) is 5.02 Å². The van der Waals surface area contributed by atoms with Gasteiger partial charge in [0.15, 0.2) is 0 Å². The van der Waals surface area contributed by atoms with Crippen LogP contribution in [-0.4, -0.2) is 11.0 Å². The van der Waals surface area contributed by atoms with E-state index >= 15 is 0 Å². The molecule has 26 heavy (non-hydrogen) atoms. The Kier molecular flexibility index (Phi) is 12.0. The molecule has 1 aromatic rings. The highest BCUT2D eigenvalue weighted by Gasteiger charge is 2.20. The zero-order valence-electron chi connectivity index (χ0n) is 16.4. The van der Waals surface area contributed by atoms with Crippen LogP contribution in [-0.2, 0) is 9.53 Å². The topological polar surface area (TPSA) is 39.2 Å². The van der Waals surface area contributed by atoms with Crippen LogP contribution in [0.5, 0.6) is 0 Å². The van der Waals surface area contributed by atoms with Crippen LogP contribution < -0.4 is 0 Å². The van der Waals surface area contributed by atoms with Gasteiger partial charge in [0.25, 0.3) is 0 Å². The van der Waals surface area contributed by atoms with Gasteiger partial charge < -0.3 is 4.74 Å². The van der Waals surface area contributed by atoms with Crippen LogP contribution in [0.3, 0.4) is 0 Å². The molecular formula is C22H34ClNO2. The molecule has 3 nitrogen and oxygen atoms in total. The summed E-state index contributed by atoms with van der Waals surface area (Å²) in [6.07, 6.45) is 14.7. The maximum Gasteiger partial charge on any atom is 0.333 e. The fraction of sp³-hybridized carbons (Fsp3) is 0.636. The Labute approximate surface area is 164 Å². The molecule has 4 heteroatoms. The Morgan fingerprint density at radius 2 is 1.69 bits per heavy atom. The summed E-state index contributed by atoms with van der Waals surface area (Å²) in [5, 5.41) is 0.541. The van der Waals surface area contributed by atoms with E-state index in [1.165, 1.54) is 51.4 Å². The first-order valence-electron chi connectivity index (χ1n) is 10.0. The zero-order valence-corrected chi connectivity index (χ0v) is 17.2. The number of rotatable bonds is 14. The maximum atomic E-state index is 11.9. The van der Waals surface area contributed by atoms with Crippen molar-refractivity contribution in [3.63, 3.8) is 0 Å². The smallest absolute Gasteiger partial charge is 0.333 e. The number of carbonyl (C=O) groups is 1. The lowest BCUT2D eigenvalue weighted by Crippen LogP contribution is -2.13. The lowest BCUT2D eigenvalue weighted by molar-refractivity contribution is -0.145. The minimum atomic E-state index is -0.401. The number of ether oxygens (including phenoxy) is 1. The van der Waals surface area contributed by atoms with Crippen molar-refractivity contribution >= 4 is 17.6 Å². The number of carbonyl (C=O) groups excluding carboxylic acids is 1. The highest BCUT2D eigenvalue weighted by Crippen LogP contribution is 2.29. The van der Waals surface area contributed by atoms with Crippen LogP contribution in [0, 0.1) is 0 Å². The minimum Gasteiger partial charge on any atom is -0.452 e. The second-order valence-corrected chi connectivity index (χ2v) is 7.42. The largest absolute Gasteiger partial charge is 0.452 e. The molecule has 0 aliphatic rings. The van der Waals surface area contributed by atoms with Crippen LogP contribution >= 0.6 is 11.6 Å². The van der Waals surface area contributed by atoms with E-state index in [4.69, 9.17) is 16.3 Å². The molecule has 0 aromatic carbocycles. The second kappa shape index (κ2) is 13.8. The van der Waals surface area contributed by atoms with E-state index in [1.54, 1.807) is 25.3 Å². The Bertz CT molecular complexity index is 545. The molecule has 1 unspecified atom stereocenters. The normalized spacial score (nSPS) is 12.0. The van der Waals surface area contributed by atoms with Gasteiger partial charge in [0.1, 0.15) is 6.10 Å². The van der Waals surface area contributed by atoms with Gasteiger partial charge in [-0.1, -0.05) is 82.9 Å². The van der Waals surface area contributed by atoms with Crippen molar-refractivity contribution in [1.82, 2.24) is 4.98 Å². The fourth-order valence-electron chi connectivity index (χ4n) is 2.93. The second-order valence-electron chi connectivity index (χ2n) is 7.02. The standard InChI is InChI=1S/C22H34ClNO2/c1-4-5-6-7-8-9-10-11-12-13-16-20(26-22(25)18(2)3)21-19(23)15-14-17-24-21/h14-15,17,20H,2,4-13,16H2,1,3H3. The molecule has 146 valence electrons. The third-order valence-electron chi connectivity index (χ3n) is 4.51. The summed E-state index contributed by atoms with van der Waals surface area (Å²) in [5.41, 5.74) is 1.03. The molecule has 0 fully saturated rings. The summed E-state index contributed by atoms with van der Waals surface area (Å²) in [6.45, 7) is 7.55. The summed E-state index contributed by atoms with van der Waals surface area (Å²) in [4.78, 5) is 16.2. The van der Waals surface area contributed by atoms with Gasteiger partial charge in [-0.25, -0.2) is 4.79 Å². The van der Waals surface area contributed by atoms with E-state index in [0.717, 1.165) is 19.3 Å². The van der Waals surface area contributed by atoms with Gasteiger partial charge in [-0.05, 0) is 31.9 Å². The average molecular weight is 380 g/mol. The van der Waals surface area contributed by atoms with Crippen molar-refractivity contribution in [2.24, 2.45) is 0 Å². The molecule has 0 spiro atoms. The van der Waals surface area contributed by atoms with E-state index in [0.29, 0.717) is 16.3 Å². The molecule has 0 aliphatic carbocycles. The van der Waals surface area contributed by atoms with E-state index in [2.05, 4.69) is 18.5 Å². The van der Waals surface area contributed by atoms with Gasteiger partial charge in [-0.15, -0.1) is 0 Å². The Morgan fingerprint density at radius 3 is 2.23 bits per heavy atom. The molecule has 1 rings (SSSR count). The highest BCUT2D eigenvalue weighted by molar-refractivity contribution is 6.31. The molecule has 0 bridgehead atoms. The first kappa shape index (κ1) is 22.7. The third-order valence-corrected chi connectivity index (χ3v) is 4.83. The number of aromatic nitrogens is 1. The lowest BCUT2D eigenvalue weighted by atomic mass is 10.0. The van der Waals surface area contributed by atoms with Gasteiger partial charge in [0.05, 0.1) is 10.7 Å². The number of hydrogen-bond donors (Lipinski definition) is 0. The first-order valence-corrected chi connectivity index (χ1v) is 10.4. The molecule has 1 aromatic heterocycles. The number of esters is 1. The molecule has 0 radical (unpaired) electrons. The monoisotopic (exact) mass is 379 g/mol. The van der Waals surface area contributed by atoms with Crippen molar-refractivity contribution in [1.29, 1.82) is 0 Å². The predicted octanol–water partition coefficient (Wildman–Crippen LogP) is 7.21. The Balaban J connectivity index is 2.34. The Morgan fingerprint density at radius 1 is 1.12 bits per heavy atom. The van der Waals surface area contributed by atoms with Crippen LogP contribution in [0.1, 0.15) is 96.3 Å². The van der Waals surface area contributed by atoms with E-state index in [1.807, 2.05) is 0 Å². The van der Waals surface area contributed by atoms with E-state index in [9.17, 15) is 4.79 Å². The number of hydrogen-bond acceptors (Lipinski definition) is 3. The lowest BCUT2D eigenvalue weighted by Gasteiger charge is -2.18. The minimum absolute atomic E-state index is 0.385. The summed E-state index contributed by atoms with van der Waals surface area (Å²) < 4.78 is 5.58. The number of unbranched alkanes of at least 4 members (excludes halogenated alkanes) is 9. The van der Waals surface area contributed by atoms with E-state index in [-0.39, 0.29) is 5.97 Å². The number of nitrogens with zero attached hydrogens (tertiary/aromatic N) is 1. The van der Waals surface area contributed by atoms with Gasteiger partial charge in [-0.3, -0.25) is 4.98 Å². The first-order chi connectivity index (χ1) is 12.6. The van der Waals surface area contributed by atoms with Gasteiger partial charge in [0.2, 0.25) is 0 Å². The predicted molar refractivity (Wildman–Crippen MR) is 109 cm³/mol. The van der Waals surface area contributed by atoms with Crippen molar-refractivity contribution in [3.8, 4) is 0 Å². The van der Waals surface area contributed by atoms with Crippen molar-refractivity contribution in [2.45, 2.75) is 90.6 Å². The molecule has 0 aliphatic heterocycles. The highest BCUT2D eigenvalue weighted by atomic mass is 35.5. The number of pyridine rings is 1. The molecule has 1 heterocycles. The average Bonchev–Trinajstić information content (AvgIpc) is 2.62. The summed E-state index contributed by atoms with van der Waals surface area (Å²) in [6, 6.07) is 3.56.